The molecule has 0 saturated heterocycles. The summed E-state index contributed by atoms with van der Waals surface area (Å²) in [6.45, 7) is 0. The second-order valence-corrected chi connectivity index (χ2v) is 6.09. The predicted molar refractivity (Wildman–Crippen MR) is 87.2 cm³/mol. The molecule has 1 heterocycles. The van der Waals surface area contributed by atoms with Gasteiger partial charge in [-0.15, -0.1) is 11.3 Å². The van der Waals surface area contributed by atoms with Crippen molar-refractivity contribution in [3.8, 4) is 11.3 Å². The highest BCUT2D eigenvalue weighted by molar-refractivity contribution is 7.14. The van der Waals surface area contributed by atoms with E-state index in [1.54, 1.807) is 23.6 Å². The van der Waals surface area contributed by atoms with Gasteiger partial charge in [0.1, 0.15) is 11.6 Å². The SMILES string of the molecule is Fc1ccc(F)c(Nc2nc(-c3ccc(Cl)c(Cl)c3)cs2)c1. The van der Waals surface area contributed by atoms with Gasteiger partial charge in [-0.3, -0.25) is 0 Å². The van der Waals surface area contributed by atoms with Gasteiger partial charge in [-0.25, -0.2) is 13.8 Å². The van der Waals surface area contributed by atoms with Crippen molar-refractivity contribution in [3.05, 3.63) is 63.5 Å². The Balaban J connectivity index is 1.87. The van der Waals surface area contributed by atoms with Crippen LogP contribution in [0, 0.1) is 11.6 Å². The van der Waals surface area contributed by atoms with Crippen LogP contribution in [0.1, 0.15) is 0 Å². The summed E-state index contributed by atoms with van der Waals surface area (Å²) >= 11 is 13.1. The van der Waals surface area contributed by atoms with Crippen molar-refractivity contribution >= 4 is 45.4 Å². The van der Waals surface area contributed by atoms with Crippen molar-refractivity contribution in [3.63, 3.8) is 0 Å². The van der Waals surface area contributed by atoms with E-state index in [1.807, 2.05) is 0 Å². The zero-order valence-corrected chi connectivity index (χ0v) is 13.2. The maximum absolute atomic E-state index is 13.6. The highest BCUT2D eigenvalue weighted by Gasteiger charge is 2.09. The highest BCUT2D eigenvalue weighted by atomic mass is 35.5. The first-order valence-electron chi connectivity index (χ1n) is 6.16. The second kappa shape index (κ2) is 6.20. The van der Waals surface area contributed by atoms with Crippen LogP contribution in [-0.4, -0.2) is 4.98 Å². The Morgan fingerprint density at radius 1 is 1.00 bits per heavy atom. The van der Waals surface area contributed by atoms with Gasteiger partial charge in [-0.2, -0.15) is 0 Å². The van der Waals surface area contributed by atoms with Gasteiger partial charge in [-0.1, -0.05) is 29.3 Å². The zero-order valence-electron chi connectivity index (χ0n) is 10.9. The van der Waals surface area contributed by atoms with Crippen LogP contribution in [-0.2, 0) is 0 Å². The lowest BCUT2D eigenvalue weighted by atomic mass is 10.2. The third-order valence-electron chi connectivity index (χ3n) is 2.89. The van der Waals surface area contributed by atoms with Crippen molar-refractivity contribution < 1.29 is 8.78 Å². The topological polar surface area (TPSA) is 24.9 Å². The summed E-state index contributed by atoms with van der Waals surface area (Å²) in [5.74, 6) is -1.07. The van der Waals surface area contributed by atoms with Gasteiger partial charge < -0.3 is 5.32 Å². The zero-order chi connectivity index (χ0) is 15.7. The van der Waals surface area contributed by atoms with Crippen LogP contribution < -0.4 is 5.32 Å². The van der Waals surface area contributed by atoms with Gasteiger partial charge in [0.15, 0.2) is 5.13 Å². The molecule has 3 aromatic rings. The van der Waals surface area contributed by atoms with E-state index >= 15 is 0 Å². The average Bonchev–Trinajstić information content (AvgIpc) is 2.94. The monoisotopic (exact) mass is 356 g/mol. The van der Waals surface area contributed by atoms with E-state index in [0.29, 0.717) is 20.9 Å². The molecule has 0 aliphatic rings. The van der Waals surface area contributed by atoms with Crippen molar-refractivity contribution in [1.82, 2.24) is 4.98 Å². The molecule has 0 radical (unpaired) electrons. The van der Waals surface area contributed by atoms with Crippen LogP contribution in [0.15, 0.2) is 41.8 Å². The Morgan fingerprint density at radius 2 is 1.82 bits per heavy atom. The number of thiazole rings is 1. The normalized spacial score (nSPS) is 10.7. The summed E-state index contributed by atoms with van der Waals surface area (Å²) in [4.78, 5) is 4.33. The van der Waals surface area contributed by atoms with E-state index in [2.05, 4.69) is 10.3 Å². The molecule has 0 amide bonds. The maximum Gasteiger partial charge on any atom is 0.187 e. The Labute approximate surface area is 139 Å². The van der Waals surface area contributed by atoms with Crippen molar-refractivity contribution in [1.29, 1.82) is 0 Å². The minimum absolute atomic E-state index is 0.0371. The number of nitrogens with zero attached hydrogens (tertiary/aromatic N) is 1. The first-order valence-corrected chi connectivity index (χ1v) is 7.79. The van der Waals surface area contributed by atoms with E-state index in [0.717, 1.165) is 23.8 Å². The van der Waals surface area contributed by atoms with E-state index in [1.165, 1.54) is 11.3 Å². The third kappa shape index (κ3) is 3.21. The fourth-order valence-electron chi connectivity index (χ4n) is 1.83. The van der Waals surface area contributed by atoms with Gasteiger partial charge in [0, 0.05) is 17.0 Å². The Morgan fingerprint density at radius 3 is 2.59 bits per heavy atom. The molecule has 112 valence electrons. The maximum atomic E-state index is 13.6. The molecule has 0 aliphatic carbocycles. The number of hydrogen-bond donors (Lipinski definition) is 1. The summed E-state index contributed by atoms with van der Waals surface area (Å²) in [5, 5.41) is 5.89. The van der Waals surface area contributed by atoms with Crippen molar-refractivity contribution in [2.45, 2.75) is 0 Å². The van der Waals surface area contributed by atoms with Crippen molar-refractivity contribution in [2.24, 2.45) is 0 Å². The molecule has 0 bridgehead atoms. The highest BCUT2D eigenvalue weighted by Crippen LogP contribution is 2.31. The lowest BCUT2D eigenvalue weighted by Crippen LogP contribution is -1.94. The van der Waals surface area contributed by atoms with Gasteiger partial charge in [0.25, 0.3) is 0 Å². The Kier molecular flexibility index (Phi) is 4.29. The van der Waals surface area contributed by atoms with E-state index in [9.17, 15) is 8.78 Å². The molecule has 2 aromatic carbocycles. The number of anilines is 2. The lowest BCUT2D eigenvalue weighted by molar-refractivity contribution is 0.603. The first kappa shape index (κ1) is 15.2. The van der Waals surface area contributed by atoms with Crippen LogP contribution in [0.3, 0.4) is 0 Å². The smallest absolute Gasteiger partial charge is 0.187 e. The number of nitrogens with one attached hydrogen (secondary N) is 1. The molecule has 22 heavy (non-hydrogen) atoms. The van der Waals surface area contributed by atoms with E-state index in [4.69, 9.17) is 23.2 Å². The quantitative estimate of drug-likeness (QED) is 0.609. The molecular weight excluding hydrogens is 349 g/mol. The molecule has 0 fully saturated rings. The summed E-state index contributed by atoms with van der Waals surface area (Å²) in [6.07, 6.45) is 0. The van der Waals surface area contributed by atoms with Crippen molar-refractivity contribution in [2.75, 3.05) is 5.32 Å². The fraction of sp³-hybridized carbons (Fsp3) is 0. The molecule has 0 unspecified atom stereocenters. The molecule has 3 rings (SSSR count). The number of rotatable bonds is 3. The minimum Gasteiger partial charge on any atom is -0.329 e. The van der Waals surface area contributed by atoms with Crippen LogP contribution in [0.4, 0.5) is 19.6 Å². The molecular formula is C15H8Cl2F2N2S. The van der Waals surface area contributed by atoms with Crippen LogP contribution >= 0.6 is 34.5 Å². The number of benzene rings is 2. The minimum atomic E-state index is -0.548. The van der Waals surface area contributed by atoms with Gasteiger partial charge >= 0.3 is 0 Å². The molecule has 1 N–H and O–H groups in total. The standard InChI is InChI=1S/C15H8Cl2F2N2S/c16-10-3-1-8(5-11(10)17)14-7-22-15(21-14)20-13-6-9(18)2-4-12(13)19/h1-7H,(H,20,21). The summed E-state index contributed by atoms with van der Waals surface area (Å²) in [7, 11) is 0. The Hall–Kier alpha value is -1.69. The van der Waals surface area contributed by atoms with Crippen LogP contribution in [0.2, 0.25) is 10.0 Å². The van der Waals surface area contributed by atoms with Gasteiger partial charge in [0.05, 0.1) is 21.4 Å². The van der Waals surface area contributed by atoms with Crippen LogP contribution in [0.25, 0.3) is 11.3 Å². The molecule has 0 spiro atoms. The number of hydrogen-bond acceptors (Lipinski definition) is 3. The molecule has 1 aromatic heterocycles. The molecule has 7 heteroatoms. The molecule has 2 nitrogen and oxygen atoms in total. The third-order valence-corrected chi connectivity index (χ3v) is 4.39. The predicted octanol–water partition coefficient (Wildman–Crippen LogP) is 6.14. The largest absolute Gasteiger partial charge is 0.329 e. The first-order chi connectivity index (χ1) is 10.5. The average molecular weight is 357 g/mol. The number of aromatic nitrogens is 1. The molecule has 0 saturated carbocycles. The summed E-state index contributed by atoms with van der Waals surface area (Å²) < 4.78 is 26.7. The van der Waals surface area contributed by atoms with Gasteiger partial charge in [-0.05, 0) is 24.3 Å². The van der Waals surface area contributed by atoms with Gasteiger partial charge in [0.2, 0.25) is 0 Å². The second-order valence-electron chi connectivity index (χ2n) is 4.42. The van der Waals surface area contributed by atoms with E-state index < -0.39 is 11.6 Å². The fourth-order valence-corrected chi connectivity index (χ4v) is 2.86. The molecule has 0 atom stereocenters. The number of halogens is 4. The summed E-state index contributed by atoms with van der Waals surface area (Å²) in [6, 6.07) is 8.36. The molecule has 0 aliphatic heterocycles. The van der Waals surface area contributed by atoms with Crippen LogP contribution in [0.5, 0.6) is 0 Å². The van der Waals surface area contributed by atoms with E-state index in [-0.39, 0.29) is 5.69 Å². The summed E-state index contributed by atoms with van der Waals surface area (Å²) in [5.41, 5.74) is 1.50. The lowest BCUT2D eigenvalue weighted by Gasteiger charge is -2.04. The Bertz CT molecular complexity index is 836.